The predicted octanol–water partition coefficient (Wildman–Crippen LogP) is 3.28. The Morgan fingerprint density at radius 1 is 1.15 bits per heavy atom. The third kappa shape index (κ3) is 2.97. The molecule has 2 aromatic carbocycles. The Bertz CT molecular complexity index is 960. The molecule has 0 amide bonds. The average molecular weight is 352 g/mol. The van der Waals surface area contributed by atoms with Gasteiger partial charge >= 0.3 is 0 Å². The van der Waals surface area contributed by atoms with Crippen LogP contribution in [0.5, 0.6) is 5.75 Å². The maximum absolute atomic E-state index is 13.7. The minimum atomic E-state index is -0.426. The molecule has 0 unspecified atom stereocenters. The van der Waals surface area contributed by atoms with Gasteiger partial charge in [-0.2, -0.15) is 0 Å². The largest absolute Gasteiger partial charge is 0.507 e. The lowest BCUT2D eigenvalue weighted by Crippen LogP contribution is -2.31. The number of hydrogen-bond acceptors (Lipinski definition) is 5. The monoisotopic (exact) mass is 352 g/mol. The first-order chi connectivity index (χ1) is 12.5. The van der Waals surface area contributed by atoms with Crippen LogP contribution in [0.15, 0.2) is 42.5 Å². The van der Waals surface area contributed by atoms with E-state index in [1.54, 1.807) is 0 Å². The summed E-state index contributed by atoms with van der Waals surface area (Å²) in [5.74, 6) is 0.716. The summed E-state index contributed by atoms with van der Waals surface area (Å²) in [4.78, 5) is 13.7. The number of phenols is 1. The van der Waals surface area contributed by atoms with Crippen molar-refractivity contribution in [3.8, 4) is 17.1 Å². The molecule has 0 aliphatic carbocycles. The van der Waals surface area contributed by atoms with Gasteiger partial charge in [-0.1, -0.05) is 12.1 Å². The molecule has 4 rings (SSSR count). The van der Waals surface area contributed by atoms with E-state index in [1.807, 2.05) is 24.3 Å². The molecule has 1 aliphatic heterocycles. The van der Waals surface area contributed by atoms with Crippen LogP contribution in [0, 0.1) is 5.82 Å². The summed E-state index contributed by atoms with van der Waals surface area (Å²) in [6, 6.07) is 12.1. The Morgan fingerprint density at radius 3 is 2.73 bits per heavy atom. The molecule has 0 radical (unpaired) electrons. The third-order valence-corrected chi connectivity index (χ3v) is 4.98. The fraction of sp³-hybridized carbons (Fsp3) is 0.300. The zero-order valence-electron chi connectivity index (χ0n) is 14.9. The summed E-state index contributed by atoms with van der Waals surface area (Å²) in [6.07, 6.45) is 1.06. The van der Waals surface area contributed by atoms with E-state index in [0.717, 1.165) is 36.2 Å². The van der Waals surface area contributed by atoms with Crippen LogP contribution in [0.4, 0.5) is 10.2 Å². The number of anilines is 1. The number of rotatable bonds is 3. The van der Waals surface area contributed by atoms with Crippen LogP contribution in [0.3, 0.4) is 0 Å². The van der Waals surface area contributed by atoms with Crippen LogP contribution in [0.25, 0.3) is 22.3 Å². The molecular weight excluding hydrogens is 331 g/mol. The van der Waals surface area contributed by atoms with Gasteiger partial charge in [-0.15, -0.1) is 0 Å². The summed E-state index contributed by atoms with van der Waals surface area (Å²) >= 11 is 0. The Hall–Kier alpha value is -2.73. The van der Waals surface area contributed by atoms with Crippen molar-refractivity contribution < 1.29 is 9.50 Å². The van der Waals surface area contributed by atoms with Gasteiger partial charge in [-0.05, 0) is 50.8 Å². The zero-order chi connectivity index (χ0) is 18.3. The highest BCUT2D eigenvalue weighted by Crippen LogP contribution is 2.33. The number of aromatic nitrogens is 2. The molecule has 2 heterocycles. The fourth-order valence-corrected chi connectivity index (χ4v) is 3.46. The molecule has 1 fully saturated rings. The number of nitrogens with zero attached hydrogens (tertiary/aromatic N) is 4. The lowest BCUT2D eigenvalue weighted by molar-refractivity contribution is 0.315. The highest BCUT2D eigenvalue weighted by atomic mass is 19.1. The van der Waals surface area contributed by atoms with E-state index in [0.29, 0.717) is 17.4 Å². The molecule has 5 nitrogen and oxygen atoms in total. The Balaban J connectivity index is 1.85. The van der Waals surface area contributed by atoms with E-state index in [2.05, 4.69) is 28.9 Å². The van der Waals surface area contributed by atoms with Crippen molar-refractivity contribution in [1.82, 2.24) is 14.9 Å². The van der Waals surface area contributed by atoms with Crippen LogP contribution in [0.1, 0.15) is 6.42 Å². The lowest BCUT2D eigenvalue weighted by atomic mass is 10.1. The summed E-state index contributed by atoms with van der Waals surface area (Å²) in [6.45, 7) is 1.78. The van der Waals surface area contributed by atoms with Crippen LogP contribution >= 0.6 is 0 Å². The molecule has 1 N–H and O–H groups in total. The Kier molecular flexibility index (Phi) is 4.20. The van der Waals surface area contributed by atoms with Crippen molar-refractivity contribution in [1.29, 1.82) is 0 Å². The van der Waals surface area contributed by atoms with Crippen molar-refractivity contribution in [3.63, 3.8) is 0 Å². The number of likely N-dealkylation sites (N-methyl/N-ethyl adjacent to an activating group) is 1. The maximum Gasteiger partial charge on any atom is 0.165 e. The number of halogens is 1. The first-order valence-corrected chi connectivity index (χ1v) is 8.70. The van der Waals surface area contributed by atoms with Gasteiger partial charge < -0.3 is 14.9 Å². The first-order valence-electron chi connectivity index (χ1n) is 8.70. The van der Waals surface area contributed by atoms with Crippen molar-refractivity contribution in [2.75, 3.05) is 32.1 Å². The number of aromatic hydroxyl groups is 1. The molecule has 0 bridgehead atoms. The van der Waals surface area contributed by atoms with Gasteiger partial charge in [0.05, 0.1) is 11.1 Å². The number of fused-ring (bicyclic) bond motifs is 1. The highest BCUT2D eigenvalue weighted by molar-refractivity contribution is 5.91. The van der Waals surface area contributed by atoms with E-state index in [4.69, 9.17) is 4.98 Å². The van der Waals surface area contributed by atoms with Crippen LogP contribution < -0.4 is 4.90 Å². The summed E-state index contributed by atoms with van der Waals surface area (Å²) in [5.41, 5.74) is 1.09. The highest BCUT2D eigenvalue weighted by Gasteiger charge is 2.27. The van der Waals surface area contributed by atoms with Crippen molar-refractivity contribution in [2.24, 2.45) is 0 Å². The normalized spacial score (nSPS) is 17.4. The van der Waals surface area contributed by atoms with E-state index >= 15 is 0 Å². The van der Waals surface area contributed by atoms with Crippen molar-refractivity contribution >= 4 is 16.7 Å². The van der Waals surface area contributed by atoms with Crippen LogP contribution in [-0.2, 0) is 0 Å². The average Bonchev–Trinajstić information content (AvgIpc) is 3.13. The van der Waals surface area contributed by atoms with Crippen molar-refractivity contribution in [2.45, 2.75) is 12.5 Å². The Morgan fingerprint density at radius 2 is 1.96 bits per heavy atom. The molecule has 26 heavy (non-hydrogen) atoms. The molecule has 1 aliphatic rings. The van der Waals surface area contributed by atoms with Crippen LogP contribution in [0.2, 0.25) is 0 Å². The first kappa shape index (κ1) is 16.7. The Labute approximate surface area is 151 Å². The second kappa shape index (κ2) is 6.53. The van der Waals surface area contributed by atoms with E-state index < -0.39 is 5.82 Å². The second-order valence-corrected chi connectivity index (χ2v) is 6.90. The quantitative estimate of drug-likeness (QED) is 0.784. The summed E-state index contributed by atoms with van der Waals surface area (Å²) in [5, 5.41) is 11.1. The van der Waals surface area contributed by atoms with Gasteiger partial charge in [0.2, 0.25) is 0 Å². The molecule has 3 aromatic rings. The molecule has 6 heteroatoms. The summed E-state index contributed by atoms with van der Waals surface area (Å²) in [7, 11) is 4.17. The van der Waals surface area contributed by atoms with Gasteiger partial charge in [-0.3, -0.25) is 0 Å². The fourth-order valence-electron chi connectivity index (χ4n) is 3.46. The minimum absolute atomic E-state index is 0.0276. The SMILES string of the molecule is CN(C)[C@@H]1CCN(c2nc(-c3cc(F)ccc3O)nc3ccccc23)C1. The standard InChI is InChI=1S/C20H21FN4O/c1-24(2)14-9-10-25(12-14)20-15-5-3-4-6-17(15)22-19(23-20)16-11-13(21)7-8-18(16)26/h3-8,11,14,26H,9-10,12H2,1-2H3/t14-/m1/s1. The van der Waals surface area contributed by atoms with E-state index in [9.17, 15) is 9.50 Å². The van der Waals surface area contributed by atoms with Gasteiger partial charge in [-0.25, -0.2) is 14.4 Å². The van der Waals surface area contributed by atoms with Gasteiger partial charge in [0.25, 0.3) is 0 Å². The summed E-state index contributed by atoms with van der Waals surface area (Å²) < 4.78 is 13.7. The topological polar surface area (TPSA) is 52.5 Å². The zero-order valence-corrected chi connectivity index (χ0v) is 14.9. The second-order valence-electron chi connectivity index (χ2n) is 6.90. The molecule has 1 atom stereocenters. The van der Waals surface area contributed by atoms with E-state index in [-0.39, 0.29) is 5.75 Å². The van der Waals surface area contributed by atoms with Crippen LogP contribution in [-0.4, -0.2) is 53.2 Å². The number of benzene rings is 2. The van der Waals surface area contributed by atoms with Crippen molar-refractivity contribution in [3.05, 3.63) is 48.3 Å². The van der Waals surface area contributed by atoms with Gasteiger partial charge in [0.15, 0.2) is 5.82 Å². The molecule has 0 saturated carbocycles. The molecule has 0 spiro atoms. The minimum Gasteiger partial charge on any atom is -0.507 e. The van der Waals surface area contributed by atoms with Gasteiger partial charge in [0.1, 0.15) is 17.4 Å². The van der Waals surface area contributed by atoms with Gasteiger partial charge in [0, 0.05) is 24.5 Å². The number of para-hydroxylation sites is 1. The van der Waals surface area contributed by atoms with E-state index in [1.165, 1.54) is 18.2 Å². The molecular formula is C20H21FN4O. The predicted molar refractivity (Wildman–Crippen MR) is 101 cm³/mol. The maximum atomic E-state index is 13.7. The molecule has 1 saturated heterocycles. The lowest BCUT2D eigenvalue weighted by Gasteiger charge is -2.22. The smallest absolute Gasteiger partial charge is 0.165 e. The molecule has 134 valence electrons. The number of hydrogen-bond donors (Lipinski definition) is 1. The molecule has 1 aromatic heterocycles. The number of phenolic OH excluding ortho intramolecular Hbond substituents is 1. The third-order valence-electron chi connectivity index (χ3n) is 4.98.